The summed E-state index contributed by atoms with van der Waals surface area (Å²) in [4.78, 5) is 22.6. The molecule has 6 heteroatoms. The van der Waals surface area contributed by atoms with E-state index in [1.165, 1.54) is 12.1 Å². The standard InChI is InChI=1S/C15H21NO4Si/c1-5-8-12(17)11-15(20-21(2,3)4)13-9-6-7-10-14(13)16(18)19/h6-7,9-11H,5,8H2,1-4H3/b15-11+. The van der Waals surface area contributed by atoms with E-state index in [2.05, 4.69) is 0 Å². The van der Waals surface area contributed by atoms with E-state index < -0.39 is 13.2 Å². The quantitative estimate of drug-likeness (QED) is 0.249. The number of ketones is 1. The number of carbonyl (C=O) groups excluding carboxylic acids is 1. The second-order valence-electron chi connectivity index (χ2n) is 5.71. The summed E-state index contributed by atoms with van der Waals surface area (Å²) in [5.41, 5.74) is 0.306. The van der Waals surface area contributed by atoms with Gasteiger partial charge in [0.15, 0.2) is 5.78 Å². The fraction of sp³-hybridized carbons (Fsp3) is 0.400. The van der Waals surface area contributed by atoms with E-state index in [9.17, 15) is 14.9 Å². The molecule has 1 rings (SSSR count). The zero-order valence-corrected chi connectivity index (χ0v) is 13.9. The molecule has 0 N–H and O–H groups in total. The minimum Gasteiger partial charge on any atom is -0.544 e. The molecule has 0 radical (unpaired) electrons. The van der Waals surface area contributed by atoms with Crippen LogP contribution in [-0.4, -0.2) is 19.0 Å². The fourth-order valence-electron chi connectivity index (χ4n) is 1.80. The zero-order valence-electron chi connectivity index (χ0n) is 12.9. The molecule has 114 valence electrons. The molecular weight excluding hydrogens is 286 g/mol. The summed E-state index contributed by atoms with van der Waals surface area (Å²) < 4.78 is 5.91. The monoisotopic (exact) mass is 307 g/mol. The van der Waals surface area contributed by atoms with Crippen LogP contribution in [-0.2, 0) is 9.22 Å². The van der Waals surface area contributed by atoms with Gasteiger partial charge in [0.05, 0.1) is 10.5 Å². The van der Waals surface area contributed by atoms with Crippen molar-refractivity contribution >= 4 is 25.5 Å². The van der Waals surface area contributed by atoms with E-state index in [1.54, 1.807) is 18.2 Å². The minimum atomic E-state index is -1.99. The van der Waals surface area contributed by atoms with Gasteiger partial charge in [-0.25, -0.2) is 0 Å². The SMILES string of the molecule is CCCC(=O)/C=C(/O[Si](C)(C)C)c1ccccc1[N+](=O)[O-]. The van der Waals surface area contributed by atoms with Gasteiger partial charge in [-0.3, -0.25) is 14.9 Å². The van der Waals surface area contributed by atoms with Gasteiger partial charge < -0.3 is 4.43 Å². The van der Waals surface area contributed by atoms with Crippen molar-refractivity contribution in [2.45, 2.75) is 39.4 Å². The zero-order chi connectivity index (χ0) is 16.0. The number of para-hydroxylation sites is 1. The molecule has 0 saturated heterocycles. The highest BCUT2D eigenvalue weighted by Crippen LogP contribution is 2.29. The average Bonchev–Trinajstić information content (AvgIpc) is 2.36. The van der Waals surface area contributed by atoms with Crippen molar-refractivity contribution in [2.75, 3.05) is 0 Å². The largest absolute Gasteiger partial charge is 0.544 e. The van der Waals surface area contributed by atoms with Crippen LogP contribution in [0, 0.1) is 10.1 Å². The van der Waals surface area contributed by atoms with Crippen molar-refractivity contribution in [3.05, 3.63) is 46.0 Å². The van der Waals surface area contributed by atoms with E-state index in [-0.39, 0.29) is 11.5 Å². The lowest BCUT2D eigenvalue weighted by molar-refractivity contribution is -0.385. The molecule has 0 aliphatic heterocycles. The fourth-order valence-corrected chi connectivity index (χ4v) is 2.63. The Morgan fingerprint density at radius 3 is 2.48 bits per heavy atom. The van der Waals surface area contributed by atoms with E-state index in [1.807, 2.05) is 26.6 Å². The summed E-state index contributed by atoms with van der Waals surface area (Å²) in [6, 6.07) is 6.33. The van der Waals surface area contributed by atoms with E-state index in [0.29, 0.717) is 17.7 Å². The maximum Gasteiger partial charge on any atom is 0.280 e. The number of nitrogens with zero attached hydrogens (tertiary/aromatic N) is 1. The predicted octanol–water partition coefficient (Wildman–Crippen LogP) is 4.16. The molecule has 0 aliphatic carbocycles. The van der Waals surface area contributed by atoms with Crippen molar-refractivity contribution in [2.24, 2.45) is 0 Å². The average molecular weight is 307 g/mol. The first kappa shape index (κ1) is 17.1. The van der Waals surface area contributed by atoms with E-state index in [4.69, 9.17) is 4.43 Å². The molecule has 1 aromatic carbocycles. The molecule has 0 fully saturated rings. The smallest absolute Gasteiger partial charge is 0.280 e. The number of hydrogen-bond acceptors (Lipinski definition) is 4. The van der Waals surface area contributed by atoms with Crippen LogP contribution in [0.25, 0.3) is 5.76 Å². The molecule has 0 aliphatic rings. The summed E-state index contributed by atoms with van der Waals surface area (Å²) in [6.45, 7) is 7.83. The van der Waals surface area contributed by atoms with E-state index >= 15 is 0 Å². The number of nitro benzene ring substituents is 1. The molecular formula is C15H21NO4Si. The van der Waals surface area contributed by atoms with Crippen molar-refractivity contribution in [1.82, 2.24) is 0 Å². The Morgan fingerprint density at radius 1 is 1.33 bits per heavy atom. The third-order valence-electron chi connectivity index (χ3n) is 2.57. The summed E-state index contributed by atoms with van der Waals surface area (Å²) in [6.07, 6.45) is 2.52. The van der Waals surface area contributed by atoms with Gasteiger partial charge in [-0.05, 0) is 32.1 Å². The molecule has 0 unspecified atom stereocenters. The first-order valence-corrected chi connectivity index (χ1v) is 10.3. The Morgan fingerprint density at radius 2 is 1.95 bits per heavy atom. The Bertz CT molecular complexity index is 561. The van der Waals surface area contributed by atoms with Crippen LogP contribution in [0.5, 0.6) is 0 Å². The van der Waals surface area contributed by atoms with Crippen LogP contribution < -0.4 is 0 Å². The van der Waals surface area contributed by atoms with Gasteiger partial charge in [-0.15, -0.1) is 0 Å². The van der Waals surface area contributed by atoms with Gasteiger partial charge in [0.1, 0.15) is 5.76 Å². The Labute approximate surface area is 125 Å². The molecule has 5 nitrogen and oxygen atoms in total. The highest BCUT2D eigenvalue weighted by atomic mass is 28.4. The van der Waals surface area contributed by atoms with Crippen LogP contribution in [0.2, 0.25) is 19.6 Å². The lowest BCUT2D eigenvalue weighted by Gasteiger charge is -2.22. The molecule has 0 amide bonds. The number of hydrogen-bond donors (Lipinski definition) is 0. The minimum absolute atomic E-state index is 0.0497. The summed E-state index contributed by atoms with van der Waals surface area (Å²) >= 11 is 0. The van der Waals surface area contributed by atoms with Crippen LogP contribution in [0.3, 0.4) is 0 Å². The Kier molecular flexibility index (Phi) is 5.84. The van der Waals surface area contributed by atoms with Crippen LogP contribution >= 0.6 is 0 Å². The molecule has 1 aromatic rings. The van der Waals surface area contributed by atoms with Gasteiger partial charge in [-0.2, -0.15) is 0 Å². The predicted molar refractivity (Wildman–Crippen MR) is 85.4 cm³/mol. The van der Waals surface area contributed by atoms with Crippen LogP contribution in [0.1, 0.15) is 25.3 Å². The first-order valence-electron chi connectivity index (χ1n) is 6.92. The summed E-state index contributed by atoms with van der Waals surface area (Å²) in [7, 11) is -1.99. The molecule has 0 aromatic heterocycles. The summed E-state index contributed by atoms with van der Waals surface area (Å²) in [5, 5.41) is 11.2. The van der Waals surface area contributed by atoms with Gasteiger partial charge in [0.25, 0.3) is 5.69 Å². The van der Waals surface area contributed by atoms with Gasteiger partial charge >= 0.3 is 0 Å². The molecule has 0 atom stereocenters. The lowest BCUT2D eigenvalue weighted by Crippen LogP contribution is -2.25. The third kappa shape index (κ3) is 5.51. The summed E-state index contributed by atoms with van der Waals surface area (Å²) in [5.74, 6) is 0.226. The highest BCUT2D eigenvalue weighted by molar-refractivity contribution is 6.70. The maximum atomic E-state index is 11.9. The maximum absolute atomic E-state index is 11.9. The van der Waals surface area contributed by atoms with Crippen LogP contribution in [0.4, 0.5) is 5.69 Å². The molecule has 0 bridgehead atoms. The van der Waals surface area contributed by atoms with Gasteiger partial charge in [0, 0.05) is 18.6 Å². The first-order chi connectivity index (χ1) is 9.74. The number of carbonyl (C=O) groups is 1. The van der Waals surface area contributed by atoms with Crippen molar-refractivity contribution in [3.63, 3.8) is 0 Å². The molecule has 0 saturated carbocycles. The second-order valence-corrected chi connectivity index (χ2v) is 10.1. The Balaban J connectivity index is 3.31. The third-order valence-corrected chi connectivity index (χ3v) is 3.40. The van der Waals surface area contributed by atoms with Gasteiger partial charge in [0.2, 0.25) is 8.32 Å². The Hall–Kier alpha value is -1.95. The molecule has 0 spiro atoms. The van der Waals surface area contributed by atoms with E-state index in [0.717, 1.165) is 6.42 Å². The van der Waals surface area contributed by atoms with Crippen molar-refractivity contribution in [1.29, 1.82) is 0 Å². The lowest BCUT2D eigenvalue weighted by atomic mass is 10.1. The second kappa shape index (κ2) is 7.17. The number of nitro groups is 1. The van der Waals surface area contributed by atoms with Crippen molar-refractivity contribution < 1.29 is 14.1 Å². The van der Waals surface area contributed by atoms with Gasteiger partial charge in [-0.1, -0.05) is 19.1 Å². The highest BCUT2D eigenvalue weighted by Gasteiger charge is 2.24. The normalized spacial score (nSPS) is 12.1. The number of benzene rings is 1. The number of rotatable bonds is 7. The van der Waals surface area contributed by atoms with Crippen molar-refractivity contribution in [3.8, 4) is 0 Å². The molecule has 0 heterocycles. The number of allylic oxidation sites excluding steroid dienone is 1. The van der Waals surface area contributed by atoms with Crippen LogP contribution in [0.15, 0.2) is 30.3 Å². The topological polar surface area (TPSA) is 69.4 Å². The molecule has 21 heavy (non-hydrogen) atoms.